The van der Waals surface area contributed by atoms with Gasteiger partial charge in [-0.25, -0.2) is 19.0 Å². The molecule has 0 aliphatic carbocycles. The van der Waals surface area contributed by atoms with Gasteiger partial charge < -0.3 is 0 Å². The fourth-order valence-electron chi connectivity index (χ4n) is 2.67. The molecule has 0 amide bonds. The molecule has 0 bridgehead atoms. The number of aromatic nitrogens is 6. The number of hydrogen-bond donors (Lipinski definition) is 0. The maximum atomic E-state index is 13.6. The smallest absolute Gasteiger partial charge is 0.244 e. The highest BCUT2D eigenvalue weighted by Crippen LogP contribution is 2.36. The molecule has 0 aliphatic heterocycles. The van der Waals surface area contributed by atoms with Crippen molar-refractivity contribution >= 4 is 11.0 Å². The van der Waals surface area contributed by atoms with Crippen LogP contribution in [0.3, 0.4) is 0 Å². The zero-order valence-electron chi connectivity index (χ0n) is 13.7. The minimum Gasteiger partial charge on any atom is -0.244 e. The number of rotatable bonds is 2. The largest absolute Gasteiger partial charge is 0.435 e. The monoisotopic (exact) mass is 374 g/mol. The van der Waals surface area contributed by atoms with Gasteiger partial charge in [-0.3, -0.25) is 0 Å². The Morgan fingerprint density at radius 3 is 2.22 bits per heavy atom. The van der Waals surface area contributed by atoms with E-state index in [1.54, 1.807) is 19.2 Å². The zero-order valence-corrected chi connectivity index (χ0v) is 13.7. The van der Waals surface area contributed by atoms with E-state index >= 15 is 0 Å². The molecule has 0 N–H and O–H groups in total. The Balaban J connectivity index is 1.94. The van der Waals surface area contributed by atoms with Crippen molar-refractivity contribution in [2.75, 3.05) is 0 Å². The topological polar surface area (TPSA) is 69.4 Å². The molecule has 0 atom stereocenters. The second-order valence-electron chi connectivity index (χ2n) is 5.76. The Hall–Kier alpha value is -3.43. The van der Waals surface area contributed by atoms with Gasteiger partial charge in [-0.1, -0.05) is 0 Å². The second-order valence-corrected chi connectivity index (χ2v) is 5.76. The third kappa shape index (κ3) is 3.09. The lowest BCUT2D eigenvalue weighted by atomic mass is 10.1. The highest BCUT2D eigenvalue weighted by atomic mass is 19.4. The van der Waals surface area contributed by atoms with E-state index < -0.39 is 17.7 Å². The Morgan fingerprint density at radius 1 is 0.889 bits per heavy atom. The van der Waals surface area contributed by atoms with Gasteiger partial charge in [0, 0.05) is 18.2 Å². The molecule has 2 aromatic carbocycles. The normalized spacial score (nSPS) is 11.9. The summed E-state index contributed by atoms with van der Waals surface area (Å²) in [5.41, 5.74) is -0.556. The predicted molar refractivity (Wildman–Crippen MR) is 87.7 cm³/mol. The Kier molecular flexibility index (Phi) is 3.83. The minimum atomic E-state index is -4.73. The molecule has 0 radical (unpaired) electrons. The summed E-state index contributed by atoms with van der Waals surface area (Å²) in [6.45, 7) is 0. The average Bonchev–Trinajstić information content (AvgIpc) is 3.06. The molecule has 2 aromatic heterocycles. The predicted octanol–water partition coefficient (Wildman–Crippen LogP) is 3.65. The molecule has 0 fully saturated rings. The van der Waals surface area contributed by atoms with Gasteiger partial charge in [0.25, 0.3) is 0 Å². The highest BCUT2D eigenvalue weighted by Gasteiger charge is 2.37. The quantitative estimate of drug-likeness (QED) is 0.501. The number of benzene rings is 2. The molecule has 2 heterocycles. The molecule has 4 aromatic rings. The van der Waals surface area contributed by atoms with Gasteiger partial charge in [0.2, 0.25) is 0 Å². The zero-order chi connectivity index (χ0) is 19.2. The Labute approximate surface area is 149 Å². The standard InChI is InChI=1S/C17H10F4N6/c1-27-16(24-25-26-27)10-4-7-12-13(8-10)23-15(17(19,20)21)14(22-12)9-2-5-11(18)6-3-9/h2-8H,1H3. The van der Waals surface area contributed by atoms with E-state index in [1.165, 1.54) is 22.9 Å². The molecular weight excluding hydrogens is 364 g/mol. The molecule has 27 heavy (non-hydrogen) atoms. The van der Waals surface area contributed by atoms with Crippen LogP contribution in [0.15, 0.2) is 42.5 Å². The Morgan fingerprint density at radius 2 is 1.59 bits per heavy atom. The van der Waals surface area contributed by atoms with Gasteiger partial charge in [0.1, 0.15) is 11.5 Å². The van der Waals surface area contributed by atoms with Crippen molar-refractivity contribution in [1.29, 1.82) is 0 Å². The van der Waals surface area contributed by atoms with E-state index in [1.807, 2.05) is 0 Å². The maximum absolute atomic E-state index is 13.6. The number of tetrazole rings is 1. The van der Waals surface area contributed by atoms with Gasteiger partial charge in [-0.2, -0.15) is 13.2 Å². The van der Waals surface area contributed by atoms with Gasteiger partial charge in [-0.15, -0.1) is 5.10 Å². The maximum Gasteiger partial charge on any atom is 0.435 e. The fraction of sp³-hybridized carbons (Fsp3) is 0.118. The summed E-state index contributed by atoms with van der Waals surface area (Å²) in [6.07, 6.45) is -4.73. The minimum absolute atomic E-state index is 0.0497. The molecule has 0 saturated heterocycles. The molecule has 6 nitrogen and oxygen atoms in total. The van der Waals surface area contributed by atoms with Gasteiger partial charge in [0.15, 0.2) is 11.5 Å². The van der Waals surface area contributed by atoms with Gasteiger partial charge in [0.05, 0.1) is 11.0 Å². The van der Waals surface area contributed by atoms with Crippen LogP contribution in [0.2, 0.25) is 0 Å². The van der Waals surface area contributed by atoms with Crippen LogP contribution in [0.5, 0.6) is 0 Å². The van der Waals surface area contributed by atoms with Gasteiger partial charge >= 0.3 is 6.18 Å². The summed E-state index contributed by atoms with van der Waals surface area (Å²) in [5.74, 6) is -0.169. The average molecular weight is 374 g/mol. The van der Waals surface area contributed by atoms with Crippen molar-refractivity contribution in [3.8, 4) is 22.6 Å². The van der Waals surface area contributed by atoms with E-state index in [4.69, 9.17) is 0 Å². The van der Waals surface area contributed by atoms with Crippen molar-refractivity contribution in [2.24, 2.45) is 7.05 Å². The first-order chi connectivity index (χ1) is 12.8. The lowest BCUT2D eigenvalue weighted by Gasteiger charge is -2.13. The van der Waals surface area contributed by atoms with Crippen LogP contribution in [-0.4, -0.2) is 30.2 Å². The van der Waals surface area contributed by atoms with E-state index in [2.05, 4.69) is 25.5 Å². The molecular formula is C17H10F4N6. The van der Waals surface area contributed by atoms with E-state index in [-0.39, 0.29) is 22.3 Å². The van der Waals surface area contributed by atoms with E-state index in [0.29, 0.717) is 11.4 Å². The Bertz CT molecular complexity index is 1130. The molecule has 0 aliphatic rings. The number of halogens is 4. The number of aryl methyl sites for hydroxylation is 1. The summed E-state index contributed by atoms with van der Waals surface area (Å²) in [7, 11) is 1.62. The van der Waals surface area contributed by atoms with Crippen molar-refractivity contribution in [3.05, 3.63) is 54.0 Å². The third-order valence-electron chi connectivity index (χ3n) is 3.93. The lowest BCUT2D eigenvalue weighted by molar-refractivity contribution is -0.140. The van der Waals surface area contributed by atoms with Crippen LogP contribution >= 0.6 is 0 Å². The van der Waals surface area contributed by atoms with E-state index in [9.17, 15) is 17.6 Å². The molecule has 10 heteroatoms. The van der Waals surface area contributed by atoms with Crippen molar-refractivity contribution in [1.82, 2.24) is 30.2 Å². The number of nitrogens with zero attached hydrogens (tertiary/aromatic N) is 6. The summed E-state index contributed by atoms with van der Waals surface area (Å²) >= 11 is 0. The highest BCUT2D eigenvalue weighted by molar-refractivity contribution is 5.82. The van der Waals surface area contributed by atoms with E-state index in [0.717, 1.165) is 12.1 Å². The summed E-state index contributed by atoms with van der Waals surface area (Å²) < 4.78 is 55.2. The van der Waals surface area contributed by atoms with Crippen LogP contribution < -0.4 is 0 Å². The lowest BCUT2D eigenvalue weighted by Crippen LogP contribution is -2.12. The van der Waals surface area contributed by atoms with Gasteiger partial charge in [-0.05, 0) is 52.9 Å². The number of hydrogen-bond acceptors (Lipinski definition) is 5. The molecule has 0 spiro atoms. The molecule has 4 rings (SSSR count). The van der Waals surface area contributed by atoms with Crippen molar-refractivity contribution in [2.45, 2.75) is 6.18 Å². The van der Waals surface area contributed by atoms with Crippen molar-refractivity contribution < 1.29 is 17.6 Å². The first-order valence-corrected chi connectivity index (χ1v) is 7.70. The number of alkyl halides is 3. The fourth-order valence-corrected chi connectivity index (χ4v) is 2.67. The molecule has 0 unspecified atom stereocenters. The van der Waals surface area contributed by atoms with Crippen molar-refractivity contribution in [3.63, 3.8) is 0 Å². The van der Waals surface area contributed by atoms with Crippen LogP contribution in [-0.2, 0) is 13.2 Å². The third-order valence-corrected chi connectivity index (χ3v) is 3.93. The summed E-state index contributed by atoms with van der Waals surface area (Å²) in [5, 5.41) is 11.0. The molecule has 0 saturated carbocycles. The first kappa shape index (κ1) is 17.0. The summed E-state index contributed by atoms with van der Waals surface area (Å²) in [6, 6.07) is 9.25. The first-order valence-electron chi connectivity index (χ1n) is 7.70. The SMILES string of the molecule is Cn1nnnc1-c1ccc2nc(-c3ccc(F)cc3)c(C(F)(F)F)nc2c1. The van der Waals surface area contributed by atoms with Crippen LogP contribution in [0.4, 0.5) is 17.6 Å². The molecule has 136 valence electrons. The van der Waals surface area contributed by atoms with Crippen LogP contribution in [0.1, 0.15) is 5.69 Å². The van der Waals surface area contributed by atoms with Crippen LogP contribution in [0.25, 0.3) is 33.7 Å². The second kappa shape index (κ2) is 6.08. The summed E-state index contributed by atoms with van der Waals surface area (Å²) in [4.78, 5) is 7.91. The number of fused-ring (bicyclic) bond motifs is 1. The van der Waals surface area contributed by atoms with Crippen LogP contribution in [0, 0.1) is 5.82 Å².